The van der Waals surface area contributed by atoms with Crippen LogP contribution in [0.15, 0.2) is 81.5 Å². The summed E-state index contributed by atoms with van der Waals surface area (Å²) in [5.74, 6) is 0.0724. The van der Waals surface area contributed by atoms with E-state index in [-0.39, 0.29) is 13.2 Å². The van der Waals surface area contributed by atoms with E-state index in [9.17, 15) is 9.59 Å². The van der Waals surface area contributed by atoms with Crippen LogP contribution in [0.3, 0.4) is 0 Å². The van der Waals surface area contributed by atoms with Gasteiger partial charge in [-0.05, 0) is 89.5 Å². The number of thiocarbonyl (C=S) groups is 1. The summed E-state index contributed by atoms with van der Waals surface area (Å²) in [5.41, 5.74) is 5.62. The van der Waals surface area contributed by atoms with Crippen LogP contribution in [0.25, 0.3) is 0 Å². The quantitative estimate of drug-likeness (QED) is 0.0934. The van der Waals surface area contributed by atoms with E-state index in [0.29, 0.717) is 54.6 Å². The van der Waals surface area contributed by atoms with Crippen LogP contribution in [0, 0.1) is 0 Å². The van der Waals surface area contributed by atoms with Crippen molar-refractivity contribution in [2.45, 2.75) is 26.5 Å². The van der Waals surface area contributed by atoms with Crippen molar-refractivity contribution in [2.75, 3.05) is 13.2 Å². The number of allylic oxidation sites excluding steroid dienone is 1. The maximum Gasteiger partial charge on any atom is 0.338 e. The van der Waals surface area contributed by atoms with Crippen LogP contribution in [-0.2, 0) is 20.9 Å². The average Bonchev–Trinajstić information content (AvgIpc) is 2.97. The van der Waals surface area contributed by atoms with Crippen molar-refractivity contribution in [1.29, 1.82) is 0 Å². The van der Waals surface area contributed by atoms with Gasteiger partial charge in [-0.2, -0.15) is 5.10 Å². The molecule has 43 heavy (non-hydrogen) atoms. The van der Waals surface area contributed by atoms with Crippen molar-refractivity contribution in [2.24, 2.45) is 5.10 Å². The van der Waals surface area contributed by atoms with E-state index in [0.717, 1.165) is 11.1 Å². The molecule has 3 aromatic carbocycles. The zero-order valence-corrected chi connectivity index (χ0v) is 27.0. The second-order valence-corrected chi connectivity index (χ2v) is 11.2. The monoisotopic (exact) mass is 704 g/mol. The van der Waals surface area contributed by atoms with Gasteiger partial charge in [-0.25, -0.2) is 10.2 Å². The zero-order chi connectivity index (χ0) is 30.9. The molecule has 1 aliphatic heterocycles. The maximum atomic E-state index is 12.7. The third-order valence-corrected chi connectivity index (χ3v) is 7.67. The number of hydrogen-bond donors (Lipinski definition) is 3. The summed E-state index contributed by atoms with van der Waals surface area (Å²) < 4.78 is 17.6. The van der Waals surface area contributed by atoms with Crippen molar-refractivity contribution < 1.29 is 23.8 Å². The SMILES string of the molecule is CCOC(=O)C1=C(C)NC(=S)N[C@@H]1c1ccccc1OCC(=O)NN=Cc1ccc(OCc2ccc(Cl)c(Cl)c2)c(Br)c1. The number of nitrogens with one attached hydrogen (secondary N) is 3. The third-order valence-electron chi connectivity index (χ3n) is 6.09. The molecule has 0 bridgehead atoms. The lowest BCUT2D eigenvalue weighted by Gasteiger charge is -2.30. The molecule has 0 radical (unpaired) electrons. The van der Waals surface area contributed by atoms with E-state index >= 15 is 0 Å². The smallest absolute Gasteiger partial charge is 0.338 e. The van der Waals surface area contributed by atoms with E-state index in [1.807, 2.05) is 6.07 Å². The summed E-state index contributed by atoms with van der Waals surface area (Å²) >= 11 is 20.8. The predicted octanol–water partition coefficient (Wildman–Crippen LogP) is 6.22. The van der Waals surface area contributed by atoms with Crippen molar-refractivity contribution in [1.82, 2.24) is 16.1 Å². The highest BCUT2D eigenvalue weighted by Crippen LogP contribution is 2.33. The minimum atomic E-state index is -0.625. The number of nitrogens with zero attached hydrogens (tertiary/aromatic N) is 1. The van der Waals surface area contributed by atoms with Crippen LogP contribution in [0.4, 0.5) is 0 Å². The minimum Gasteiger partial charge on any atom is -0.488 e. The number of benzene rings is 3. The number of ether oxygens (including phenoxy) is 3. The molecule has 3 aromatic rings. The molecular formula is C30H27BrCl2N4O5S. The number of carbonyl (C=O) groups is 2. The Kier molecular flexibility index (Phi) is 11.4. The Bertz CT molecular complexity index is 1600. The molecule has 3 N–H and O–H groups in total. The lowest BCUT2D eigenvalue weighted by molar-refractivity contribution is -0.139. The fourth-order valence-corrected chi connectivity index (χ4v) is 5.22. The highest BCUT2D eigenvalue weighted by Gasteiger charge is 2.32. The van der Waals surface area contributed by atoms with Gasteiger partial charge < -0.3 is 24.8 Å². The number of rotatable bonds is 11. The van der Waals surface area contributed by atoms with E-state index in [1.54, 1.807) is 68.4 Å². The van der Waals surface area contributed by atoms with Gasteiger partial charge in [0.1, 0.15) is 18.1 Å². The minimum absolute atomic E-state index is 0.223. The van der Waals surface area contributed by atoms with Gasteiger partial charge in [0.25, 0.3) is 5.91 Å². The Hall–Kier alpha value is -3.64. The number of carbonyl (C=O) groups excluding carboxylic acids is 2. The molecule has 1 atom stereocenters. The molecule has 0 saturated heterocycles. The van der Waals surface area contributed by atoms with E-state index in [1.165, 1.54) is 6.21 Å². The van der Waals surface area contributed by atoms with Gasteiger partial charge in [-0.1, -0.05) is 47.5 Å². The molecule has 0 unspecified atom stereocenters. The van der Waals surface area contributed by atoms with Gasteiger partial charge in [0, 0.05) is 11.3 Å². The molecule has 0 fully saturated rings. The average molecular weight is 706 g/mol. The van der Waals surface area contributed by atoms with E-state index in [2.05, 4.69) is 37.1 Å². The fourth-order valence-electron chi connectivity index (χ4n) is 4.12. The van der Waals surface area contributed by atoms with Crippen molar-refractivity contribution >= 4 is 74.6 Å². The maximum absolute atomic E-state index is 12.7. The summed E-state index contributed by atoms with van der Waals surface area (Å²) in [7, 11) is 0. The van der Waals surface area contributed by atoms with Crippen LogP contribution >= 0.6 is 51.3 Å². The molecule has 0 spiro atoms. The Morgan fingerprint density at radius 2 is 1.86 bits per heavy atom. The Morgan fingerprint density at radius 1 is 1.07 bits per heavy atom. The largest absolute Gasteiger partial charge is 0.488 e. The molecule has 224 valence electrons. The number of hydrazone groups is 1. The van der Waals surface area contributed by atoms with Gasteiger partial charge in [-0.15, -0.1) is 0 Å². The van der Waals surface area contributed by atoms with Crippen molar-refractivity contribution in [3.63, 3.8) is 0 Å². The summed E-state index contributed by atoms with van der Waals surface area (Å²) in [6, 6.07) is 17.1. The molecule has 13 heteroatoms. The summed E-state index contributed by atoms with van der Waals surface area (Å²) in [5, 5.41) is 11.4. The van der Waals surface area contributed by atoms with Crippen LogP contribution in [0.5, 0.6) is 11.5 Å². The molecule has 0 aromatic heterocycles. The Balaban J connectivity index is 1.35. The first kappa shape index (κ1) is 32.3. The van der Waals surface area contributed by atoms with E-state index < -0.39 is 17.9 Å². The Morgan fingerprint density at radius 3 is 2.60 bits per heavy atom. The van der Waals surface area contributed by atoms with Crippen LogP contribution in [0.2, 0.25) is 10.0 Å². The first-order valence-electron chi connectivity index (χ1n) is 13.0. The zero-order valence-electron chi connectivity index (χ0n) is 23.1. The highest BCUT2D eigenvalue weighted by molar-refractivity contribution is 9.10. The van der Waals surface area contributed by atoms with Gasteiger partial charge in [0.2, 0.25) is 0 Å². The first-order chi connectivity index (χ1) is 20.7. The van der Waals surface area contributed by atoms with Gasteiger partial charge in [0.15, 0.2) is 11.7 Å². The van der Waals surface area contributed by atoms with Crippen molar-refractivity contribution in [3.05, 3.63) is 103 Å². The van der Waals surface area contributed by atoms with E-state index in [4.69, 9.17) is 49.6 Å². The lowest BCUT2D eigenvalue weighted by atomic mass is 9.95. The highest BCUT2D eigenvalue weighted by atomic mass is 79.9. The standard InChI is InChI=1S/C30H27BrCl2N4O5S/c1-3-40-29(39)27-17(2)35-30(43)36-28(27)20-6-4-5-7-24(20)42-16-26(38)37-34-14-18-9-11-25(21(31)12-18)41-15-19-8-10-22(32)23(33)13-19/h4-14,28H,3,15-16H2,1-2H3,(H,37,38)(H2,35,36,43)/t28-/m1/s1. The normalized spacial score (nSPS) is 14.6. The topological polar surface area (TPSA) is 110 Å². The summed E-state index contributed by atoms with van der Waals surface area (Å²) in [6.45, 7) is 3.70. The number of esters is 1. The molecule has 4 rings (SSSR count). The lowest BCUT2D eigenvalue weighted by Crippen LogP contribution is -2.45. The molecular weight excluding hydrogens is 679 g/mol. The number of halogens is 3. The number of amides is 1. The number of para-hydroxylation sites is 1. The predicted molar refractivity (Wildman–Crippen MR) is 174 cm³/mol. The molecule has 1 aliphatic rings. The fraction of sp³-hybridized carbons (Fsp3) is 0.200. The molecule has 0 saturated carbocycles. The molecule has 0 aliphatic carbocycles. The van der Waals surface area contributed by atoms with Crippen LogP contribution < -0.4 is 25.5 Å². The van der Waals surface area contributed by atoms with Gasteiger partial charge in [0.05, 0.1) is 39.0 Å². The second-order valence-electron chi connectivity index (χ2n) is 9.14. The van der Waals surface area contributed by atoms with Crippen molar-refractivity contribution in [3.8, 4) is 11.5 Å². The van der Waals surface area contributed by atoms with Crippen LogP contribution in [-0.4, -0.2) is 36.4 Å². The number of hydrogen-bond acceptors (Lipinski definition) is 7. The second kappa shape index (κ2) is 15.2. The summed E-state index contributed by atoms with van der Waals surface area (Å²) in [6.07, 6.45) is 1.50. The molecule has 1 amide bonds. The van der Waals surface area contributed by atoms with Crippen LogP contribution in [0.1, 0.15) is 36.6 Å². The summed E-state index contributed by atoms with van der Waals surface area (Å²) in [4.78, 5) is 25.2. The third kappa shape index (κ3) is 8.70. The molecule has 1 heterocycles. The first-order valence-corrected chi connectivity index (χ1v) is 15.0. The molecule has 9 nitrogen and oxygen atoms in total. The van der Waals surface area contributed by atoms with Gasteiger partial charge in [-0.3, -0.25) is 4.79 Å². The van der Waals surface area contributed by atoms with Gasteiger partial charge >= 0.3 is 5.97 Å². The Labute approximate surface area is 272 Å².